The Bertz CT molecular complexity index is 231. The lowest BCUT2D eigenvalue weighted by Gasteiger charge is -2.18. The van der Waals surface area contributed by atoms with E-state index in [2.05, 4.69) is 35.1 Å². The summed E-state index contributed by atoms with van der Waals surface area (Å²) in [5.74, 6) is 2.42. The first-order valence-electron chi connectivity index (χ1n) is 5.52. The van der Waals surface area contributed by atoms with E-state index in [9.17, 15) is 4.79 Å². The van der Waals surface area contributed by atoms with Gasteiger partial charge in [0.05, 0.1) is 4.83 Å². The Balaban J connectivity index is 1.77. The van der Waals surface area contributed by atoms with Gasteiger partial charge in [-0.3, -0.25) is 4.79 Å². The zero-order valence-corrected chi connectivity index (χ0v) is 10.4. The number of carbonyl (C=O) groups is 1. The van der Waals surface area contributed by atoms with Crippen LogP contribution in [0.25, 0.3) is 0 Å². The van der Waals surface area contributed by atoms with E-state index in [1.54, 1.807) is 0 Å². The Kier molecular flexibility index (Phi) is 2.87. The highest BCUT2D eigenvalue weighted by Gasteiger charge is 2.46. The highest BCUT2D eigenvalue weighted by molar-refractivity contribution is 9.10. The summed E-state index contributed by atoms with van der Waals surface area (Å²) >= 11 is 3.43. The molecule has 3 unspecified atom stereocenters. The molecule has 0 bridgehead atoms. The number of alkyl halides is 1. The van der Waals surface area contributed by atoms with E-state index in [4.69, 9.17) is 0 Å². The third-order valence-corrected chi connectivity index (χ3v) is 4.90. The van der Waals surface area contributed by atoms with Crippen LogP contribution in [0, 0.1) is 17.8 Å². The van der Waals surface area contributed by atoms with Crippen LogP contribution in [-0.4, -0.2) is 16.8 Å². The molecule has 0 aromatic carbocycles. The molecule has 0 aliphatic heterocycles. The first-order chi connectivity index (χ1) is 6.58. The summed E-state index contributed by atoms with van der Waals surface area (Å²) in [6.07, 6.45) is 3.84. The largest absolute Gasteiger partial charge is 0.352 e. The molecule has 2 saturated carbocycles. The van der Waals surface area contributed by atoms with Gasteiger partial charge in [-0.1, -0.05) is 29.8 Å². The standard InChI is InChI=1S/C11H18BrNO/c1-6(2)10(12)11(14)13-9-4-7-3-8(7)5-9/h6-10H,3-5H2,1-2H3,(H,13,14). The maximum atomic E-state index is 11.7. The van der Waals surface area contributed by atoms with Crippen LogP contribution in [-0.2, 0) is 4.79 Å². The minimum absolute atomic E-state index is 0.0283. The quantitative estimate of drug-likeness (QED) is 0.775. The Labute approximate surface area is 94.0 Å². The van der Waals surface area contributed by atoms with Gasteiger partial charge in [-0.15, -0.1) is 0 Å². The number of rotatable bonds is 3. The van der Waals surface area contributed by atoms with Crippen molar-refractivity contribution in [1.82, 2.24) is 5.32 Å². The van der Waals surface area contributed by atoms with Crippen LogP contribution in [0.5, 0.6) is 0 Å². The molecule has 1 amide bonds. The molecule has 0 spiro atoms. The average molecular weight is 260 g/mol. The number of fused-ring (bicyclic) bond motifs is 1. The first kappa shape index (κ1) is 10.5. The fraction of sp³-hybridized carbons (Fsp3) is 0.909. The van der Waals surface area contributed by atoms with Crippen molar-refractivity contribution in [3.63, 3.8) is 0 Å². The summed E-state index contributed by atoms with van der Waals surface area (Å²) in [5.41, 5.74) is 0. The number of nitrogens with one attached hydrogen (secondary N) is 1. The van der Waals surface area contributed by atoms with E-state index in [0.717, 1.165) is 11.8 Å². The lowest BCUT2D eigenvalue weighted by Crippen LogP contribution is -2.40. The van der Waals surface area contributed by atoms with E-state index in [1.807, 2.05) is 0 Å². The molecule has 1 N–H and O–H groups in total. The predicted octanol–water partition coefficient (Wildman–Crippen LogP) is 2.32. The van der Waals surface area contributed by atoms with E-state index >= 15 is 0 Å². The molecule has 2 aliphatic carbocycles. The third-order valence-electron chi connectivity index (χ3n) is 3.43. The number of amides is 1. The summed E-state index contributed by atoms with van der Waals surface area (Å²) in [4.78, 5) is 11.7. The van der Waals surface area contributed by atoms with Crippen LogP contribution < -0.4 is 5.32 Å². The molecule has 2 rings (SSSR count). The van der Waals surface area contributed by atoms with Crippen molar-refractivity contribution >= 4 is 21.8 Å². The minimum atomic E-state index is -0.0283. The Morgan fingerprint density at radius 3 is 2.36 bits per heavy atom. The zero-order valence-electron chi connectivity index (χ0n) is 8.79. The highest BCUT2D eigenvalue weighted by Crippen LogP contribution is 2.51. The van der Waals surface area contributed by atoms with Gasteiger partial charge < -0.3 is 5.32 Å². The zero-order chi connectivity index (χ0) is 10.3. The first-order valence-corrected chi connectivity index (χ1v) is 6.44. The number of hydrogen-bond acceptors (Lipinski definition) is 1. The topological polar surface area (TPSA) is 29.1 Å². The summed E-state index contributed by atoms with van der Waals surface area (Å²) in [5, 5.41) is 3.13. The molecule has 2 fully saturated rings. The van der Waals surface area contributed by atoms with Crippen LogP contribution in [0.2, 0.25) is 0 Å². The van der Waals surface area contributed by atoms with E-state index < -0.39 is 0 Å². The summed E-state index contributed by atoms with van der Waals surface area (Å²) in [6, 6.07) is 0.463. The van der Waals surface area contributed by atoms with Crippen molar-refractivity contribution in [2.75, 3.05) is 0 Å². The molecule has 3 atom stereocenters. The Hall–Kier alpha value is -0.0500. The van der Waals surface area contributed by atoms with Crippen molar-refractivity contribution < 1.29 is 4.79 Å². The number of hydrogen-bond donors (Lipinski definition) is 1. The molecular weight excluding hydrogens is 242 g/mol. The van der Waals surface area contributed by atoms with E-state index in [-0.39, 0.29) is 10.7 Å². The fourth-order valence-electron chi connectivity index (χ4n) is 2.42. The lowest BCUT2D eigenvalue weighted by molar-refractivity contribution is -0.121. The molecule has 0 aromatic rings. The molecule has 0 aromatic heterocycles. The highest BCUT2D eigenvalue weighted by atomic mass is 79.9. The van der Waals surface area contributed by atoms with Crippen LogP contribution in [0.15, 0.2) is 0 Å². The second-order valence-corrected chi connectivity index (χ2v) is 6.07. The summed E-state index contributed by atoms with van der Waals surface area (Å²) in [6.45, 7) is 4.12. The summed E-state index contributed by atoms with van der Waals surface area (Å²) < 4.78 is 0. The molecule has 2 nitrogen and oxygen atoms in total. The molecule has 0 saturated heterocycles. The van der Waals surface area contributed by atoms with Crippen LogP contribution in [0.4, 0.5) is 0 Å². The van der Waals surface area contributed by atoms with Gasteiger partial charge in [0, 0.05) is 6.04 Å². The van der Waals surface area contributed by atoms with Gasteiger partial charge in [0.25, 0.3) is 0 Å². The van der Waals surface area contributed by atoms with Gasteiger partial charge >= 0.3 is 0 Å². The van der Waals surface area contributed by atoms with Crippen LogP contribution in [0.1, 0.15) is 33.1 Å². The molecule has 0 radical (unpaired) electrons. The lowest BCUT2D eigenvalue weighted by atomic mass is 10.1. The van der Waals surface area contributed by atoms with Crippen molar-refractivity contribution in [3.8, 4) is 0 Å². The van der Waals surface area contributed by atoms with Crippen molar-refractivity contribution in [1.29, 1.82) is 0 Å². The van der Waals surface area contributed by atoms with Gasteiger partial charge in [-0.25, -0.2) is 0 Å². The van der Waals surface area contributed by atoms with Crippen molar-refractivity contribution in [3.05, 3.63) is 0 Å². The van der Waals surface area contributed by atoms with E-state index in [1.165, 1.54) is 19.3 Å². The number of carbonyl (C=O) groups excluding carboxylic acids is 1. The monoisotopic (exact) mass is 259 g/mol. The molecule has 3 heteroatoms. The minimum Gasteiger partial charge on any atom is -0.352 e. The van der Waals surface area contributed by atoms with Gasteiger partial charge in [-0.2, -0.15) is 0 Å². The third kappa shape index (κ3) is 2.13. The molecule has 14 heavy (non-hydrogen) atoms. The maximum absolute atomic E-state index is 11.7. The van der Waals surface area contributed by atoms with Gasteiger partial charge in [0.2, 0.25) is 5.91 Å². The Morgan fingerprint density at radius 1 is 1.29 bits per heavy atom. The molecule has 80 valence electrons. The van der Waals surface area contributed by atoms with Gasteiger partial charge in [0.1, 0.15) is 0 Å². The molecule has 0 heterocycles. The van der Waals surface area contributed by atoms with Crippen molar-refractivity contribution in [2.45, 2.75) is 44.0 Å². The summed E-state index contributed by atoms with van der Waals surface area (Å²) in [7, 11) is 0. The van der Waals surface area contributed by atoms with Gasteiger partial charge in [0.15, 0.2) is 0 Å². The maximum Gasteiger partial charge on any atom is 0.234 e. The van der Waals surface area contributed by atoms with Crippen LogP contribution in [0.3, 0.4) is 0 Å². The molecular formula is C11H18BrNO. The number of halogens is 1. The predicted molar refractivity (Wildman–Crippen MR) is 60.3 cm³/mol. The van der Waals surface area contributed by atoms with E-state index in [0.29, 0.717) is 12.0 Å². The van der Waals surface area contributed by atoms with Crippen molar-refractivity contribution in [2.24, 2.45) is 17.8 Å². The van der Waals surface area contributed by atoms with Gasteiger partial charge in [-0.05, 0) is 37.0 Å². The Morgan fingerprint density at radius 2 is 1.86 bits per heavy atom. The van der Waals surface area contributed by atoms with Crippen LogP contribution >= 0.6 is 15.9 Å². The smallest absolute Gasteiger partial charge is 0.234 e. The SMILES string of the molecule is CC(C)C(Br)C(=O)NC1CC2CC2C1. The second kappa shape index (κ2) is 3.84. The molecule has 2 aliphatic rings. The second-order valence-electron chi connectivity index (χ2n) is 5.08. The fourth-order valence-corrected chi connectivity index (χ4v) is 2.55. The average Bonchev–Trinajstić information content (AvgIpc) is 2.73. The normalized spacial score (nSPS) is 36.7.